The van der Waals surface area contributed by atoms with E-state index in [1.54, 1.807) is 0 Å². The highest BCUT2D eigenvalue weighted by atomic mass is 16.5. The molecule has 0 saturated carbocycles. The summed E-state index contributed by atoms with van der Waals surface area (Å²) in [6.45, 7) is 12.2. The largest absolute Gasteiger partial charge is 0.481 e. The van der Waals surface area contributed by atoms with Crippen molar-refractivity contribution in [3.8, 4) is 0 Å². The molecule has 3 aromatic carbocycles. The number of benzene rings is 3. The highest BCUT2D eigenvalue weighted by Crippen LogP contribution is 2.34. The zero-order valence-corrected chi connectivity index (χ0v) is 27.2. The third-order valence-corrected chi connectivity index (χ3v) is 8.59. The van der Waals surface area contributed by atoms with Gasteiger partial charge in [-0.3, -0.25) is 14.4 Å². The maximum Gasteiger partial charge on any atom is 0.307 e. The van der Waals surface area contributed by atoms with E-state index >= 15 is 0 Å². The van der Waals surface area contributed by atoms with Gasteiger partial charge in [-0.15, -0.1) is 5.10 Å². The van der Waals surface area contributed by atoms with Gasteiger partial charge in [-0.05, 0) is 71.6 Å². The first kappa shape index (κ1) is 33.4. The SMILES string of the molecule is CCCC(C)C(C(=O)Nc1cccc(CC(C(=O)O)C(C)(C)C)c1C)c1ccc(CN2N=C(c3ccccc3)OCC2=O)cc1. The summed E-state index contributed by atoms with van der Waals surface area (Å²) in [5.74, 6) is -1.60. The highest BCUT2D eigenvalue weighted by Gasteiger charge is 2.32. The zero-order chi connectivity index (χ0) is 32.7. The van der Waals surface area contributed by atoms with Crippen molar-refractivity contribution in [2.45, 2.75) is 73.3 Å². The van der Waals surface area contributed by atoms with Gasteiger partial charge in [0.15, 0.2) is 6.61 Å². The number of hydrazone groups is 1. The van der Waals surface area contributed by atoms with Gasteiger partial charge in [0.1, 0.15) is 0 Å². The molecular formula is C37H45N3O5. The molecule has 0 spiro atoms. The van der Waals surface area contributed by atoms with Gasteiger partial charge in [-0.2, -0.15) is 0 Å². The molecule has 1 aliphatic rings. The number of ether oxygens (including phenoxy) is 1. The number of carboxylic acids is 1. The van der Waals surface area contributed by atoms with Crippen LogP contribution in [0.5, 0.6) is 0 Å². The van der Waals surface area contributed by atoms with Crippen molar-refractivity contribution >= 4 is 29.4 Å². The van der Waals surface area contributed by atoms with Crippen molar-refractivity contribution in [1.29, 1.82) is 0 Å². The van der Waals surface area contributed by atoms with Gasteiger partial charge in [-0.1, -0.05) is 95.6 Å². The molecule has 0 fully saturated rings. The molecule has 0 radical (unpaired) electrons. The fraction of sp³-hybridized carbons (Fsp3) is 0.405. The normalized spacial score (nSPS) is 15.5. The molecule has 3 unspecified atom stereocenters. The number of nitrogens with one attached hydrogen (secondary N) is 1. The van der Waals surface area contributed by atoms with Crippen LogP contribution in [0, 0.1) is 24.2 Å². The lowest BCUT2D eigenvalue weighted by molar-refractivity contribution is -0.145. The lowest BCUT2D eigenvalue weighted by atomic mass is 9.76. The van der Waals surface area contributed by atoms with E-state index in [2.05, 4.69) is 24.3 Å². The van der Waals surface area contributed by atoms with Crippen molar-refractivity contribution in [3.05, 3.63) is 101 Å². The van der Waals surface area contributed by atoms with Gasteiger partial charge in [0.05, 0.1) is 18.4 Å². The summed E-state index contributed by atoms with van der Waals surface area (Å²) in [6, 6.07) is 23.0. The molecule has 8 heteroatoms. The van der Waals surface area contributed by atoms with Gasteiger partial charge in [0.2, 0.25) is 11.8 Å². The van der Waals surface area contributed by atoms with Gasteiger partial charge in [-0.25, -0.2) is 5.01 Å². The van der Waals surface area contributed by atoms with Crippen molar-refractivity contribution < 1.29 is 24.2 Å². The summed E-state index contributed by atoms with van der Waals surface area (Å²) < 4.78 is 5.57. The van der Waals surface area contributed by atoms with E-state index in [-0.39, 0.29) is 30.9 Å². The quantitative estimate of drug-likeness (QED) is 0.226. The number of carbonyl (C=O) groups excluding carboxylic acids is 2. The summed E-state index contributed by atoms with van der Waals surface area (Å²) in [5.41, 5.74) is 4.67. The van der Waals surface area contributed by atoms with Crippen LogP contribution in [-0.4, -0.2) is 40.4 Å². The Labute approximate surface area is 266 Å². The van der Waals surface area contributed by atoms with Crippen molar-refractivity contribution in [2.75, 3.05) is 11.9 Å². The number of carboxylic acid groups (broad SMARTS) is 1. The van der Waals surface area contributed by atoms with Gasteiger partial charge in [0, 0.05) is 11.3 Å². The van der Waals surface area contributed by atoms with Gasteiger partial charge in [0.25, 0.3) is 5.91 Å². The Kier molecular flexibility index (Phi) is 10.8. The van der Waals surface area contributed by atoms with Crippen LogP contribution in [0.3, 0.4) is 0 Å². The molecule has 3 atom stereocenters. The van der Waals surface area contributed by atoms with Crippen LogP contribution < -0.4 is 5.32 Å². The van der Waals surface area contributed by atoms with Crippen LogP contribution in [0.1, 0.15) is 81.2 Å². The van der Waals surface area contributed by atoms with Crippen LogP contribution in [0.4, 0.5) is 5.69 Å². The average Bonchev–Trinajstić information content (AvgIpc) is 2.99. The number of rotatable bonds is 12. The Morgan fingerprint density at radius 2 is 1.71 bits per heavy atom. The first-order valence-electron chi connectivity index (χ1n) is 15.7. The molecule has 0 saturated heterocycles. The van der Waals surface area contributed by atoms with Crippen LogP contribution in [0.2, 0.25) is 0 Å². The molecule has 8 nitrogen and oxygen atoms in total. The van der Waals surface area contributed by atoms with E-state index in [1.807, 2.05) is 100 Å². The van der Waals surface area contributed by atoms with Crippen LogP contribution >= 0.6 is 0 Å². The third kappa shape index (κ3) is 8.38. The number of nitrogens with zero attached hydrogens (tertiary/aromatic N) is 2. The first-order valence-corrected chi connectivity index (χ1v) is 15.7. The number of hydrogen-bond donors (Lipinski definition) is 2. The van der Waals surface area contributed by atoms with E-state index in [0.29, 0.717) is 18.0 Å². The second kappa shape index (κ2) is 14.5. The molecular weight excluding hydrogens is 566 g/mol. The lowest BCUT2D eigenvalue weighted by Gasteiger charge is -2.28. The van der Waals surface area contributed by atoms with E-state index in [1.165, 1.54) is 5.01 Å². The summed E-state index contributed by atoms with van der Waals surface area (Å²) in [7, 11) is 0. The Balaban J connectivity index is 1.53. The summed E-state index contributed by atoms with van der Waals surface area (Å²) in [6.07, 6.45) is 2.21. The summed E-state index contributed by atoms with van der Waals surface area (Å²) in [4.78, 5) is 38.5. The second-order valence-corrected chi connectivity index (χ2v) is 13.0. The second-order valence-electron chi connectivity index (χ2n) is 13.0. The number of aliphatic carboxylic acids is 1. The standard InChI is InChI=1S/C37H45N3O5/c1-7-12-24(2)33(34(42)38-31-16-11-15-29(25(31)3)21-30(36(43)44)37(4,5)6)27-19-17-26(18-20-27)22-40-32(41)23-45-35(39-40)28-13-9-8-10-14-28/h8-11,13-20,24,30,33H,7,12,21-23H2,1-6H3,(H,38,42)(H,43,44). The zero-order valence-electron chi connectivity index (χ0n) is 27.2. The molecule has 0 aromatic heterocycles. The topological polar surface area (TPSA) is 108 Å². The lowest BCUT2D eigenvalue weighted by Crippen LogP contribution is -2.36. The van der Waals surface area contributed by atoms with Gasteiger partial charge >= 0.3 is 5.97 Å². The van der Waals surface area contributed by atoms with Crippen molar-refractivity contribution in [1.82, 2.24) is 5.01 Å². The molecule has 238 valence electrons. The van der Waals surface area contributed by atoms with Crippen LogP contribution in [0.15, 0.2) is 77.9 Å². The fourth-order valence-electron chi connectivity index (χ4n) is 5.84. The van der Waals surface area contributed by atoms with Crippen molar-refractivity contribution in [2.24, 2.45) is 22.4 Å². The van der Waals surface area contributed by atoms with E-state index in [0.717, 1.165) is 40.7 Å². The molecule has 2 amide bonds. The van der Waals surface area contributed by atoms with Crippen LogP contribution in [-0.2, 0) is 32.1 Å². The minimum Gasteiger partial charge on any atom is -0.481 e. The van der Waals surface area contributed by atoms with E-state index in [9.17, 15) is 19.5 Å². The monoisotopic (exact) mass is 611 g/mol. The summed E-state index contributed by atoms with van der Waals surface area (Å²) >= 11 is 0. The molecule has 3 aromatic rings. The number of anilines is 1. The molecule has 4 rings (SSSR count). The van der Waals surface area contributed by atoms with E-state index in [4.69, 9.17) is 4.74 Å². The summed E-state index contributed by atoms with van der Waals surface area (Å²) in [5, 5.41) is 18.9. The minimum absolute atomic E-state index is 0.0730. The van der Waals surface area contributed by atoms with Crippen LogP contribution in [0.25, 0.3) is 0 Å². The first-order chi connectivity index (χ1) is 21.4. The van der Waals surface area contributed by atoms with Crippen molar-refractivity contribution in [3.63, 3.8) is 0 Å². The molecule has 0 aliphatic carbocycles. The maximum atomic E-state index is 13.9. The molecule has 0 bridgehead atoms. The Morgan fingerprint density at radius 3 is 2.33 bits per heavy atom. The van der Waals surface area contributed by atoms with Gasteiger partial charge < -0.3 is 15.2 Å². The number of hydrogen-bond acceptors (Lipinski definition) is 5. The number of amides is 2. The smallest absolute Gasteiger partial charge is 0.307 e. The van der Waals surface area contributed by atoms with E-state index < -0.39 is 23.2 Å². The molecule has 45 heavy (non-hydrogen) atoms. The average molecular weight is 612 g/mol. The fourth-order valence-corrected chi connectivity index (χ4v) is 5.84. The predicted molar refractivity (Wildman–Crippen MR) is 177 cm³/mol. The Bertz CT molecular complexity index is 1530. The minimum atomic E-state index is -0.824. The Hall–Kier alpha value is -4.46. The Morgan fingerprint density at radius 1 is 1.02 bits per heavy atom. The molecule has 1 heterocycles. The predicted octanol–water partition coefficient (Wildman–Crippen LogP) is 7.16. The molecule has 2 N–H and O–H groups in total. The maximum absolute atomic E-state index is 13.9. The number of carbonyl (C=O) groups is 3. The highest BCUT2D eigenvalue weighted by molar-refractivity contribution is 5.98. The molecule has 1 aliphatic heterocycles. The third-order valence-electron chi connectivity index (χ3n) is 8.59.